The number of nitrogens with zero attached hydrogens (tertiary/aromatic N) is 6. The van der Waals surface area contributed by atoms with Gasteiger partial charge in [-0.2, -0.15) is 15.3 Å². The van der Waals surface area contributed by atoms with E-state index in [0.717, 1.165) is 16.6 Å². The lowest BCUT2D eigenvalue weighted by Gasteiger charge is -1.87. The van der Waals surface area contributed by atoms with Crippen molar-refractivity contribution in [1.29, 1.82) is 0 Å². The van der Waals surface area contributed by atoms with Gasteiger partial charge < -0.3 is 0 Å². The summed E-state index contributed by atoms with van der Waals surface area (Å²) in [7, 11) is 0. The minimum Gasteiger partial charge on any atom is -0.241 e. The molecule has 8 heteroatoms. The van der Waals surface area contributed by atoms with Crippen LogP contribution in [0.2, 0.25) is 0 Å². The highest BCUT2D eigenvalue weighted by molar-refractivity contribution is 5.85. The number of aromatic nitrogens is 6. The average molecular weight is 427 g/mol. The second kappa shape index (κ2) is 10.8. The van der Waals surface area contributed by atoms with Crippen LogP contribution in [0.3, 0.4) is 0 Å². The van der Waals surface area contributed by atoms with Crippen molar-refractivity contribution in [3.63, 3.8) is 0 Å². The van der Waals surface area contributed by atoms with E-state index in [4.69, 9.17) is 0 Å². The molecule has 0 atom stereocenters. The normalized spacial score (nSPS) is 9.52. The van der Waals surface area contributed by atoms with E-state index >= 15 is 0 Å². The fourth-order valence-corrected chi connectivity index (χ4v) is 2.62. The van der Waals surface area contributed by atoms with Crippen molar-refractivity contribution in [2.24, 2.45) is 0 Å². The quantitative estimate of drug-likeness (QED) is 0.348. The molecule has 0 N–H and O–H groups in total. The largest absolute Gasteiger partial charge is 0.241 e. The van der Waals surface area contributed by atoms with Gasteiger partial charge in [0.2, 0.25) is 0 Å². The predicted molar refractivity (Wildman–Crippen MR) is 120 cm³/mol. The zero-order valence-corrected chi connectivity index (χ0v) is 17.0. The molecular weight excluding hydrogens is 407 g/mol. The standard InChI is InChI=1S/3C7H6N2.2ClH/c3*1-3-7-4-2-6-9(7)8-5-1;;/h3*1-6H;2*1H. The molecule has 0 saturated heterocycles. The Morgan fingerprint density at radius 2 is 0.690 bits per heavy atom. The summed E-state index contributed by atoms with van der Waals surface area (Å²) in [5, 5.41) is 12.2. The predicted octanol–water partition coefficient (Wildman–Crippen LogP) is 4.85. The molecule has 0 bridgehead atoms. The Hall–Kier alpha value is -3.35. The van der Waals surface area contributed by atoms with E-state index in [1.165, 1.54) is 0 Å². The minimum absolute atomic E-state index is 0. The van der Waals surface area contributed by atoms with Gasteiger partial charge >= 0.3 is 0 Å². The molecule has 0 aliphatic carbocycles. The maximum absolute atomic E-state index is 4.06. The molecule has 0 unspecified atom stereocenters. The number of fused-ring (bicyclic) bond motifs is 3. The molecule has 148 valence electrons. The summed E-state index contributed by atoms with van der Waals surface area (Å²) in [5.41, 5.74) is 3.41. The monoisotopic (exact) mass is 426 g/mol. The lowest BCUT2D eigenvalue weighted by atomic mass is 10.5. The van der Waals surface area contributed by atoms with Crippen molar-refractivity contribution >= 4 is 41.4 Å². The van der Waals surface area contributed by atoms with Gasteiger partial charge in [0.15, 0.2) is 0 Å². The molecule has 0 amide bonds. The molecule has 0 aromatic carbocycles. The van der Waals surface area contributed by atoms with Crippen LogP contribution < -0.4 is 0 Å². The Morgan fingerprint density at radius 1 is 0.414 bits per heavy atom. The Kier molecular flexibility index (Phi) is 8.21. The van der Waals surface area contributed by atoms with Gasteiger partial charge in [-0.15, -0.1) is 24.8 Å². The molecule has 0 aliphatic rings. The first-order valence-electron chi connectivity index (χ1n) is 8.55. The van der Waals surface area contributed by atoms with Gasteiger partial charge in [0, 0.05) is 37.2 Å². The van der Waals surface area contributed by atoms with Gasteiger partial charge in [0.1, 0.15) is 0 Å². The zero-order valence-electron chi connectivity index (χ0n) is 15.4. The summed E-state index contributed by atoms with van der Waals surface area (Å²) in [6, 6.07) is 23.8. The van der Waals surface area contributed by atoms with Crippen molar-refractivity contribution in [1.82, 2.24) is 28.8 Å². The maximum atomic E-state index is 4.06. The van der Waals surface area contributed by atoms with Crippen LogP contribution in [0.25, 0.3) is 16.6 Å². The molecule has 6 heterocycles. The van der Waals surface area contributed by atoms with Crippen LogP contribution >= 0.6 is 24.8 Å². The molecule has 6 aromatic rings. The summed E-state index contributed by atoms with van der Waals surface area (Å²) in [4.78, 5) is 0. The second-order valence-corrected chi connectivity index (χ2v) is 5.70. The highest BCUT2D eigenvalue weighted by Gasteiger charge is 1.86. The third kappa shape index (κ3) is 5.57. The molecule has 0 saturated carbocycles. The third-order valence-corrected chi connectivity index (χ3v) is 3.91. The summed E-state index contributed by atoms with van der Waals surface area (Å²) >= 11 is 0. The lowest BCUT2D eigenvalue weighted by molar-refractivity contribution is 0.941. The first kappa shape index (κ1) is 21.9. The van der Waals surface area contributed by atoms with Crippen molar-refractivity contribution in [3.05, 3.63) is 110 Å². The highest BCUT2D eigenvalue weighted by atomic mass is 35.5. The number of rotatable bonds is 0. The van der Waals surface area contributed by atoms with Crippen LogP contribution in [-0.4, -0.2) is 28.8 Å². The van der Waals surface area contributed by atoms with Gasteiger partial charge in [-0.3, -0.25) is 0 Å². The van der Waals surface area contributed by atoms with E-state index in [-0.39, 0.29) is 24.8 Å². The van der Waals surface area contributed by atoms with Gasteiger partial charge in [-0.25, -0.2) is 13.5 Å². The second-order valence-electron chi connectivity index (χ2n) is 5.70. The fourth-order valence-electron chi connectivity index (χ4n) is 2.62. The topological polar surface area (TPSA) is 51.9 Å². The van der Waals surface area contributed by atoms with Crippen LogP contribution in [0.4, 0.5) is 0 Å². The Labute approximate surface area is 180 Å². The summed E-state index contributed by atoms with van der Waals surface area (Å²) < 4.78 is 5.50. The van der Waals surface area contributed by atoms with Crippen LogP contribution in [0.5, 0.6) is 0 Å². The first-order valence-corrected chi connectivity index (χ1v) is 8.55. The van der Waals surface area contributed by atoms with E-state index < -0.39 is 0 Å². The lowest BCUT2D eigenvalue weighted by Crippen LogP contribution is -1.84. The molecule has 6 rings (SSSR count). The van der Waals surface area contributed by atoms with Crippen molar-refractivity contribution in [2.45, 2.75) is 0 Å². The minimum atomic E-state index is 0. The van der Waals surface area contributed by atoms with E-state index in [1.54, 1.807) is 18.6 Å². The molecule has 0 spiro atoms. The maximum Gasteiger partial charge on any atom is 0.0646 e. The van der Waals surface area contributed by atoms with Crippen molar-refractivity contribution < 1.29 is 0 Å². The molecule has 0 fully saturated rings. The van der Waals surface area contributed by atoms with Gasteiger partial charge in [0.05, 0.1) is 16.6 Å². The van der Waals surface area contributed by atoms with Gasteiger partial charge in [0.25, 0.3) is 0 Å². The van der Waals surface area contributed by atoms with Gasteiger partial charge in [-0.1, -0.05) is 0 Å². The van der Waals surface area contributed by atoms with E-state index in [2.05, 4.69) is 15.3 Å². The zero-order chi connectivity index (χ0) is 18.3. The molecular formula is C21H20Cl2N6. The van der Waals surface area contributed by atoms with E-state index in [0.29, 0.717) is 0 Å². The van der Waals surface area contributed by atoms with Crippen molar-refractivity contribution in [2.75, 3.05) is 0 Å². The third-order valence-electron chi connectivity index (χ3n) is 3.91. The van der Waals surface area contributed by atoms with E-state index in [1.807, 2.05) is 105 Å². The molecule has 6 nitrogen and oxygen atoms in total. The molecule has 0 radical (unpaired) electrons. The summed E-state index contributed by atoms with van der Waals surface area (Å²) in [5.74, 6) is 0. The SMILES string of the molecule is Cl.Cl.c1cnn2cccc2c1.c1cnn2cccc2c1.c1cnn2cccc2c1. The van der Waals surface area contributed by atoms with Crippen LogP contribution in [0.1, 0.15) is 0 Å². The number of hydrogen-bond donors (Lipinski definition) is 0. The first-order chi connectivity index (χ1) is 13.4. The Balaban J connectivity index is 0.000000150. The average Bonchev–Trinajstić information content (AvgIpc) is 3.48. The summed E-state index contributed by atoms with van der Waals surface area (Å²) in [6.45, 7) is 0. The fraction of sp³-hybridized carbons (Fsp3) is 0. The van der Waals surface area contributed by atoms with Crippen LogP contribution in [-0.2, 0) is 0 Å². The Morgan fingerprint density at radius 3 is 0.966 bits per heavy atom. The van der Waals surface area contributed by atoms with Gasteiger partial charge in [-0.05, 0) is 72.8 Å². The molecule has 0 aliphatic heterocycles. The molecule has 29 heavy (non-hydrogen) atoms. The van der Waals surface area contributed by atoms with Crippen LogP contribution in [0, 0.1) is 0 Å². The van der Waals surface area contributed by atoms with E-state index in [9.17, 15) is 0 Å². The summed E-state index contributed by atoms with van der Waals surface area (Å²) in [6.07, 6.45) is 11.1. The number of halogens is 2. The van der Waals surface area contributed by atoms with Crippen LogP contribution in [0.15, 0.2) is 110 Å². The van der Waals surface area contributed by atoms with Crippen molar-refractivity contribution in [3.8, 4) is 0 Å². The highest BCUT2D eigenvalue weighted by Crippen LogP contribution is 2.00. The number of hydrogen-bond acceptors (Lipinski definition) is 3. The molecule has 6 aromatic heterocycles. The smallest absolute Gasteiger partial charge is 0.0646 e. The Bertz CT molecular complexity index is 1010.